The van der Waals surface area contributed by atoms with Crippen molar-refractivity contribution < 1.29 is 9.53 Å². The number of anilines is 1. The third-order valence-electron chi connectivity index (χ3n) is 2.12. The molecule has 3 nitrogen and oxygen atoms in total. The second-order valence-corrected chi connectivity index (χ2v) is 4.02. The lowest BCUT2D eigenvalue weighted by atomic mass is 10.2. The quantitative estimate of drug-likeness (QED) is 0.829. The van der Waals surface area contributed by atoms with Gasteiger partial charge in [-0.15, -0.1) is 0 Å². The van der Waals surface area contributed by atoms with E-state index in [1.807, 2.05) is 38.1 Å². The number of nitrogens with one attached hydrogen (secondary N) is 1. The molecule has 0 unspecified atom stereocenters. The van der Waals surface area contributed by atoms with Crippen molar-refractivity contribution in [3.8, 4) is 5.75 Å². The summed E-state index contributed by atoms with van der Waals surface area (Å²) in [7, 11) is 0. The summed E-state index contributed by atoms with van der Waals surface area (Å²) in [5, 5.41) is 2.83. The Morgan fingerprint density at radius 1 is 1.31 bits per heavy atom. The van der Waals surface area contributed by atoms with Crippen molar-refractivity contribution in [2.75, 3.05) is 11.9 Å². The fourth-order valence-corrected chi connectivity index (χ4v) is 1.14. The fraction of sp³-hybridized carbons (Fsp3) is 0.462. The number of hydrogen-bond donors (Lipinski definition) is 1. The number of hydrogen-bond acceptors (Lipinski definition) is 2. The van der Waals surface area contributed by atoms with E-state index in [1.54, 1.807) is 0 Å². The molecule has 88 valence electrons. The zero-order valence-corrected chi connectivity index (χ0v) is 10.1. The van der Waals surface area contributed by atoms with Crippen molar-refractivity contribution in [3.63, 3.8) is 0 Å². The normalized spacial score (nSPS) is 10.2. The molecule has 0 saturated heterocycles. The molecule has 0 saturated carbocycles. The lowest BCUT2D eigenvalue weighted by Crippen LogP contribution is -2.17. The highest BCUT2D eigenvalue weighted by atomic mass is 16.5. The minimum atomic E-state index is -0.00369. The van der Waals surface area contributed by atoms with Gasteiger partial charge in [0.1, 0.15) is 5.75 Å². The molecule has 0 bridgehead atoms. The van der Waals surface area contributed by atoms with Crippen molar-refractivity contribution in [2.24, 2.45) is 5.92 Å². The standard InChI is InChI=1S/C13H19NO2/c1-4-9-16-12-7-5-11(6-8-12)14-13(15)10(2)3/h5-8,10H,4,9H2,1-3H3,(H,14,15). The largest absolute Gasteiger partial charge is 0.494 e. The van der Waals surface area contributed by atoms with Crippen LogP contribution >= 0.6 is 0 Å². The Hall–Kier alpha value is -1.51. The third kappa shape index (κ3) is 3.93. The number of ether oxygens (including phenoxy) is 1. The lowest BCUT2D eigenvalue weighted by Gasteiger charge is -2.09. The molecule has 1 aromatic rings. The van der Waals surface area contributed by atoms with Gasteiger partial charge in [-0.25, -0.2) is 0 Å². The molecular weight excluding hydrogens is 202 g/mol. The van der Waals surface area contributed by atoms with Crippen molar-refractivity contribution in [3.05, 3.63) is 24.3 Å². The van der Waals surface area contributed by atoms with E-state index in [4.69, 9.17) is 4.74 Å². The molecule has 0 aliphatic carbocycles. The van der Waals surface area contributed by atoms with Crippen molar-refractivity contribution in [1.82, 2.24) is 0 Å². The van der Waals surface area contributed by atoms with E-state index in [9.17, 15) is 4.79 Å². The maximum atomic E-state index is 11.4. The van der Waals surface area contributed by atoms with Crippen LogP contribution in [0.3, 0.4) is 0 Å². The van der Waals surface area contributed by atoms with Gasteiger partial charge in [0.15, 0.2) is 0 Å². The van der Waals surface area contributed by atoms with E-state index in [-0.39, 0.29) is 11.8 Å². The van der Waals surface area contributed by atoms with Gasteiger partial charge in [-0.2, -0.15) is 0 Å². The minimum Gasteiger partial charge on any atom is -0.494 e. The maximum Gasteiger partial charge on any atom is 0.226 e. The maximum absolute atomic E-state index is 11.4. The molecule has 0 aliphatic heterocycles. The predicted molar refractivity (Wildman–Crippen MR) is 65.7 cm³/mol. The van der Waals surface area contributed by atoms with Gasteiger partial charge in [0.2, 0.25) is 5.91 Å². The highest BCUT2D eigenvalue weighted by Gasteiger charge is 2.06. The van der Waals surface area contributed by atoms with Crippen LogP contribution in [0.2, 0.25) is 0 Å². The molecule has 0 atom stereocenters. The smallest absolute Gasteiger partial charge is 0.226 e. The third-order valence-corrected chi connectivity index (χ3v) is 2.12. The van der Waals surface area contributed by atoms with E-state index in [1.165, 1.54) is 0 Å². The summed E-state index contributed by atoms with van der Waals surface area (Å²) in [5.41, 5.74) is 0.808. The molecule has 0 spiro atoms. The Bertz CT molecular complexity index is 330. The second-order valence-electron chi connectivity index (χ2n) is 4.02. The Morgan fingerprint density at radius 2 is 1.94 bits per heavy atom. The van der Waals surface area contributed by atoms with E-state index in [0.29, 0.717) is 0 Å². The number of rotatable bonds is 5. The first-order valence-corrected chi connectivity index (χ1v) is 5.67. The van der Waals surface area contributed by atoms with E-state index >= 15 is 0 Å². The summed E-state index contributed by atoms with van der Waals surface area (Å²) >= 11 is 0. The van der Waals surface area contributed by atoms with Crippen LogP contribution in [0.1, 0.15) is 27.2 Å². The number of carbonyl (C=O) groups excluding carboxylic acids is 1. The summed E-state index contributed by atoms with van der Waals surface area (Å²) in [5.74, 6) is 0.864. The molecular formula is C13H19NO2. The Morgan fingerprint density at radius 3 is 2.44 bits per heavy atom. The zero-order chi connectivity index (χ0) is 12.0. The molecule has 0 aliphatic rings. The fourth-order valence-electron chi connectivity index (χ4n) is 1.14. The Kier molecular flexibility index (Phi) is 4.83. The molecule has 1 N–H and O–H groups in total. The van der Waals surface area contributed by atoms with E-state index in [0.717, 1.165) is 24.5 Å². The van der Waals surface area contributed by atoms with Gasteiger partial charge in [0.25, 0.3) is 0 Å². The van der Waals surface area contributed by atoms with Crippen LogP contribution in [0.25, 0.3) is 0 Å². The summed E-state index contributed by atoms with van der Waals surface area (Å²) in [6, 6.07) is 7.44. The molecule has 3 heteroatoms. The SMILES string of the molecule is CCCOc1ccc(NC(=O)C(C)C)cc1. The first kappa shape index (κ1) is 12.6. The Labute approximate surface area is 96.8 Å². The molecule has 0 fully saturated rings. The molecule has 0 radical (unpaired) electrons. The van der Waals surface area contributed by atoms with Crippen molar-refractivity contribution >= 4 is 11.6 Å². The average Bonchev–Trinajstić information content (AvgIpc) is 2.28. The van der Waals surface area contributed by atoms with Crippen LogP contribution in [0.15, 0.2) is 24.3 Å². The van der Waals surface area contributed by atoms with E-state index in [2.05, 4.69) is 12.2 Å². The number of carbonyl (C=O) groups is 1. The van der Waals surface area contributed by atoms with Crippen molar-refractivity contribution in [2.45, 2.75) is 27.2 Å². The van der Waals surface area contributed by atoms with Crippen molar-refractivity contribution in [1.29, 1.82) is 0 Å². The van der Waals surface area contributed by atoms with Gasteiger partial charge in [-0.3, -0.25) is 4.79 Å². The van der Waals surface area contributed by atoms with Gasteiger partial charge < -0.3 is 10.1 Å². The molecule has 1 amide bonds. The molecule has 0 heterocycles. The molecule has 16 heavy (non-hydrogen) atoms. The van der Waals surface area contributed by atoms with Gasteiger partial charge >= 0.3 is 0 Å². The minimum absolute atomic E-state index is 0.00369. The summed E-state index contributed by atoms with van der Waals surface area (Å²) in [6.07, 6.45) is 0.992. The van der Waals surface area contributed by atoms with Crippen LogP contribution in [0, 0.1) is 5.92 Å². The molecule has 0 aromatic heterocycles. The van der Waals surface area contributed by atoms with Gasteiger partial charge in [0, 0.05) is 11.6 Å². The van der Waals surface area contributed by atoms with E-state index < -0.39 is 0 Å². The first-order valence-electron chi connectivity index (χ1n) is 5.67. The molecule has 1 aromatic carbocycles. The van der Waals surface area contributed by atoms with Crippen LogP contribution in [-0.2, 0) is 4.79 Å². The first-order chi connectivity index (χ1) is 7.63. The van der Waals surface area contributed by atoms with Gasteiger partial charge in [0.05, 0.1) is 6.61 Å². The average molecular weight is 221 g/mol. The number of benzene rings is 1. The second kappa shape index (κ2) is 6.16. The molecule has 1 rings (SSSR count). The predicted octanol–water partition coefficient (Wildman–Crippen LogP) is 3.07. The van der Waals surface area contributed by atoms with Gasteiger partial charge in [-0.05, 0) is 30.7 Å². The topological polar surface area (TPSA) is 38.3 Å². The highest BCUT2D eigenvalue weighted by Crippen LogP contribution is 2.16. The summed E-state index contributed by atoms with van der Waals surface area (Å²) in [4.78, 5) is 11.4. The lowest BCUT2D eigenvalue weighted by molar-refractivity contribution is -0.118. The summed E-state index contributed by atoms with van der Waals surface area (Å²) < 4.78 is 5.45. The summed E-state index contributed by atoms with van der Waals surface area (Å²) in [6.45, 7) is 6.52. The Balaban J connectivity index is 2.54. The van der Waals surface area contributed by atoms with Crippen LogP contribution < -0.4 is 10.1 Å². The highest BCUT2D eigenvalue weighted by molar-refractivity contribution is 5.92. The van der Waals surface area contributed by atoms with Gasteiger partial charge in [-0.1, -0.05) is 20.8 Å². The number of amides is 1. The zero-order valence-electron chi connectivity index (χ0n) is 10.1. The van der Waals surface area contributed by atoms with Crippen LogP contribution in [-0.4, -0.2) is 12.5 Å². The monoisotopic (exact) mass is 221 g/mol. The van der Waals surface area contributed by atoms with Crippen LogP contribution in [0.5, 0.6) is 5.75 Å². The van der Waals surface area contributed by atoms with Crippen LogP contribution in [0.4, 0.5) is 5.69 Å².